The predicted octanol–water partition coefficient (Wildman–Crippen LogP) is 10.9. The van der Waals surface area contributed by atoms with Crippen molar-refractivity contribution in [3.63, 3.8) is 0 Å². The third-order valence-electron chi connectivity index (χ3n) is 12.1. The molecule has 0 aromatic heterocycles. The van der Waals surface area contributed by atoms with Crippen molar-refractivity contribution in [3.05, 3.63) is 313 Å². The quantitative estimate of drug-likeness (QED) is 0.101. The Labute approximate surface area is 423 Å². The highest BCUT2D eigenvalue weighted by molar-refractivity contribution is 7.99. The molecular formula is C64H52O4P2S. The highest BCUT2D eigenvalue weighted by Crippen LogP contribution is 2.59. The molecule has 10 aromatic carbocycles. The average molecular weight is 979 g/mol. The van der Waals surface area contributed by atoms with Crippen molar-refractivity contribution in [2.75, 3.05) is 0 Å². The minimum absolute atomic E-state index is 0.122. The van der Waals surface area contributed by atoms with Crippen LogP contribution in [0.25, 0.3) is 0 Å². The summed E-state index contributed by atoms with van der Waals surface area (Å²) in [7, 11) is -3.55. The first-order valence-corrected chi connectivity index (χ1v) is 28.1. The second-order valence-electron chi connectivity index (χ2n) is 16.6. The topological polar surface area (TPSA) is 80.3 Å². The van der Waals surface area contributed by atoms with Crippen LogP contribution in [0, 0.1) is 0 Å². The van der Waals surface area contributed by atoms with Crippen LogP contribution < -0.4 is 42.0 Å². The standard InChI is InChI=1S/2C25H22P.C14H10O4S/c2*1-5-13-22(14-6-1)21-26(23-15-7-2-8-16-23,24-17-9-3-10-18-24)25-19-11-4-12-20-25;15-13(16)9-1-5-11(6-2-9)19-12-7-3-10(4-8-12)14(17)18/h2*1-20H,21H2;1-8H,(H,15,16)(H,17,18)/q2*+1;/p-2. The van der Waals surface area contributed by atoms with Gasteiger partial charge in [0.15, 0.2) is 0 Å². The highest BCUT2D eigenvalue weighted by Gasteiger charge is 2.46. The molecule has 4 nitrogen and oxygen atoms in total. The highest BCUT2D eigenvalue weighted by atomic mass is 32.2. The minimum atomic E-state index is -1.78. The molecule has 0 aliphatic heterocycles. The SMILES string of the molecule is O=C([O-])c1ccc(Sc2ccc(C(=O)[O-])cc2)cc1.c1ccc(C[P+](c2ccccc2)(c2ccccc2)c2ccccc2)cc1.c1ccc(C[P+](c2ccccc2)(c2ccccc2)c2ccccc2)cc1. The van der Waals surface area contributed by atoms with E-state index in [1.165, 1.54) is 79.0 Å². The van der Waals surface area contributed by atoms with E-state index in [4.69, 9.17) is 0 Å². The van der Waals surface area contributed by atoms with Gasteiger partial charge in [-0.2, -0.15) is 0 Å². The minimum Gasteiger partial charge on any atom is -0.545 e. The normalized spacial score (nSPS) is 10.9. The number of carboxylic acids is 2. The summed E-state index contributed by atoms with van der Waals surface area (Å²) in [5.41, 5.74) is 3.02. The first-order chi connectivity index (χ1) is 34.8. The lowest BCUT2D eigenvalue weighted by molar-refractivity contribution is -0.256. The summed E-state index contributed by atoms with van der Waals surface area (Å²) in [6.07, 6.45) is 2.07. The second kappa shape index (κ2) is 24.8. The van der Waals surface area contributed by atoms with Crippen LogP contribution in [-0.4, -0.2) is 11.9 Å². The molecule has 0 saturated heterocycles. The molecule has 7 heteroatoms. The van der Waals surface area contributed by atoms with E-state index in [0.29, 0.717) is 0 Å². The number of aromatic carboxylic acids is 2. The summed E-state index contributed by atoms with van der Waals surface area (Å²) in [4.78, 5) is 22.9. The molecule has 0 fully saturated rings. The van der Waals surface area contributed by atoms with Crippen LogP contribution in [0.5, 0.6) is 0 Å². The van der Waals surface area contributed by atoms with Crippen LogP contribution in [0.15, 0.2) is 301 Å². The number of benzene rings is 10. The Morgan fingerprint density at radius 3 is 0.676 bits per heavy atom. The maximum absolute atomic E-state index is 10.6. The number of carbonyl (C=O) groups excluding carboxylic acids is 2. The fourth-order valence-electron chi connectivity index (χ4n) is 8.71. The van der Waals surface area contributed by atoms with Gasteiger partial charge in [-0.25, -0.2) is 0 Å². The molecule has 0 heterocycles. The molecule has 348 valence electrons. The van der Waals surface area contributed by atoms with E-state index in [0.717, 1.165) is 22.1 Å². The molecule has 71 heavy (non-hydrogen) atoms. The molecule has 10 aromatic rings. The van der Waals surface area contributed by atoms with E-state index in [1.807, 2.05) is 0 Å². The zero-order valence-corrected chi connectivity index (χ0v) is 41.7. The smallest absolute Gasteiger partial charge is 0.116 e. The Hall–Kier alpha value is -7.65. The van der Waals surface area contributed by atoms with Gasteiger partial charge in [0.1, 0.15) is 46.4 Å². The molecular weight excluding hydrogens is 927 g/mol. The fraction of sp³-hybridized carbons (Fsp3) is 0.0312. The number of hydrogen-bond acceptors (Lipinski definition) is 5. The molecule has 0 N–H and O–H groups in total. The fourth-order valence-corrected chi connectivity index (χ4v) is 18.0. The van der Waals surface area contributed by atoms with Crippen molar-refractivity contribution < 1.29 is 19.8 Å². The van der Waals surface area contributed by atoms with Crippen LogP contribution >= 0.6 is 26.3 Å². The Morgan fingerprint density at radius 1 is 0.282 bits per heavy atom. The number of rotatable bonds is 14. The van der Waals surface area contributed by atoms with Gasteiger partial charge in [-0.15, -0.1) is 0 Å². The molecule has 10 rings (SSSR count). The lowest BCUT2D eigenvalue weighted by Crippen LogP contribution is -2.32. The van der Waals surface area contributed by atoms with E-state index in [1.54, 1.807) is 24.3 Å². The van der Waals surface area contributed by atoms with Crippen molar-refractivity contribution in [2.45, 2.75) is 22.1 Å². The van der Waals surface area contributed by atoms with Crippen molar-refractivity contribution in [1.82, 2.24) is 0 Å². The zero-order chi connectivity index (χ0) is 49.1. The molecule has 0 unspecified atom stereocenters. The van der Waals surface area contributed by atoms with Crippen LogP contribution in [0.4, 0.5) is 0 Å². The summed E-state index contributed by atoms with van der Waals surface area (Å²) in [6.45, 7) is 0. The number of carbonyl (C=O) groups is 2. The van der Waals surface area contributed by atoms with Crippen LogP contribution in [0.3, 0.4) is 0 Å². The average Bonchev–Trinajstić information content (AvgIpc) is 3.44. The Kier molecular flexibility index (Phi) is 17.4. The third-order valence-corrected chi connectivity index (χ3v) is 21.9. The van der Waals surface area contributed by atoms with Gasteiger partial charge in [0.2, 0.25) is 0 Å². The maximum Gasteiger partial charge on any atom is 0.116 e. The molecule has 0 saturated carbocycles. The van der Waals surface area contributed by atoms with Crippen LogP contribution in [0.1, 0.15) is 31.8 Å². The molecule has 0 amide bonds. The predicted molar refractivity (Wildman–Crippen MR) is 296 cm³/mol. The van der Waals surface area contributed by atoms with Gasteiger partial charge in [0.05, 0.1) is 24.3 Å². The zero-order valence-electron chi connectivity index (χ0n) is 39.1. The van der Waals surface area contributed by atoms with E-state index in [-0.39, 0.29) is 11.1 Å². The van der Waals surface area contributed by atoms with Gasteiger partial charge >= 0.3 is 0 Å². The van der Waals surface area contributed by atoms with Gasteiger partial charge in [0.25, 0.3) is 0 Å². The molecule has 0 atom stereocenters. The van der Waals surface area contributed by atoms with Gasteiger partial charge < -0.3 is 19.8 Å². The van der Waals surface area contributed by atoms with E-state index < -0.39 is 26.5 Å². The van der Waals surface area contributed by atoms with Crippen molar-refractivity contribution in [3.8, 4) is 0 Å². The van der Waals surface area contributed by atoms with Crippen molar-refractivity contribution >= 4 is 70.1 Å². The molecule has 0 bridgehead atoms. The maximum atomic E-state index is 10.6. The molecule has 0 spiro atoms. The van der Waals surface area contributed by atoms with E-state index in [9.17, 15) is 19.8 Å². The van der Waals surface area contributed by atoms with E-state index >= 15 is 0 Å². The number of carboxylic acid groups (broad SMARTS) is 2. The van der Waals surface area contributed by atoms with Gasteiger partial charge in [-0.1, -0.05) is 206 Å². The summed E-state index contributed by atoms with van der Waals surface area (Å²) < 4.78 is 0. The summed E-state index contributed by atoms with van der Waals surface area (Å²) in [6, 6.07) is 101. The lowest BCUT2D eigenvalue weighted by Gasteiger charge is -2.27. The first kappa shape index (κ1) is 49.8. The Bertz CT molecular complexity index is 2760. The third kappa shape index (κ3) is 12.6. The van der Waals surface area contributed by atoms with Crippen LogP contribution in [-0.2, 0) is 12.3 Å². The van der Waals surface area contributed by atoms with Gasteiger partial charge in [-0.3, -0.25) is 0 Å². The van der Waals surface area contributed by atoms with Gasteiger partial charge in [-0.05, 0) is 119 Å². The number of hydrogen-bond donors (Lipinski definition) is 0. The summed E-state index contributed by atoms with van der Waals surface area (Å²) >= 11 is 1.40. The Morgan fingerprint density at radius 2 is 0.479 bits per heavy atom. The lowest BCUT2D eigenvalue weighted by atomic mass is 10.2. The Balaban J connectivity index is 0.000000145. The molecule has 0 radical (unpaired) electrons. The second-order valence-corrected chi connectivity index (χ2v) is 24.8. The monoisotopic (exact) mass is 978 g/mol. The van der Waals surface area contributed by atoms with Crippen molar-refractivity contribution in [1.29, 1.82) is 0 Å². The van der Waals surface area contributed by atoms with Crippen LogP contribution in [0.2, 0.25) is 0 Å². The first-order valence-electron chi connectivity index (χ1n) is 23.3. The summed E-state index contributed by atoms with van der Waals surface area (Å²) in [5.74, 6) is -2.43. The molecule has 0 aliphatic rings. The molecule has 0 aliphatic carbocycles. The van der Waals surface area contributed by atoms with Crippen molar-refractivity contribution in [2.24, 2.45) is 0 Å². The van der Waals surface area contributed by atoms with E-state index in [2.05, 4.69) is 243 Å². The van der Waals surface area contributed by atoms with Gasteiger partial charge in [0, 0.05) is 9.79 Å². The largest absolute Gasteiger partial charge is 0.545 e. The summed E-state index contributed by atoms with van der Waals surface area (Å²) in [5, 5.41) is 29.8.